The van der Waals surface area contributed by atoms with Gasteiger partial charge in [-0.2, -0.15) is 4.98 Å². The first-order valence-corrected chi connectivity index (χ1v) is 10.6. The maximum absolute atomic E-state index is 13.0. The molecular formula is C21H22N4O2S. The minimum Gasteiger partial charge on any atom is -0.338 e. The zero-order chi connectivity index (χ0) is 18.9. The molecule has 1 amide bonds. The number of fused-ring (bicyclic) bond motifs is 1. The Morgan fingerprint density at radius 3 is 2.82 bits per heavy atom. The van der Waals surface area contributed by atoms with E-state index in [1.165, 1.54) is 5.56 Å². The van der Waals surface area contributed by atoms with Crippen LogP contribution in [0.5, 0.6) is 0 Å². The van der Waals surface area contributed by atoms with Crippen molar-refractivity contribution in [2.24, 2.45) is 5.92 Å². The average molecular weight is 395 g/mol. The summed E-state index contributed by atoms with van der Waals surface area (Å²) in [7, 11) is 0. The average Bonchev–Trinajstić information content (AvgIpc) is 3.48. The molecule has 4 heterocycles. The van der Waals surface area contributed by atoms with Gasteiger partial charge in [0.25, 0.3) is 0 Å². The molecule has 0 spiro atoms. The van der Waals surface area contributed by atoms with E-state index in [0.717, 1.165) is 49.5 Å². The number of aromatic nitrogens is 2. The summed E-state index contributed by atoms with van der Waals surface area (Å²) >= 11 is 1.61. The van der Waals surface area contributed by atoms with E-state index >= 15 is 0 Å². The highest BCUT2D eigenvalue weighted by Crippen LogP contribution is 2.31. The standard InChI is InChI=1S/C21H22N4O2S/c26-21(25-12-9-15-4-1-2-5-17(15)25)16-7-10-24(11-8-16)14-19-22-20(23-27-19)18-6-3-13-28-18/h1-6,13,16H,7-12,14H2. The Hall–Kier alpha value is -2.51. The van der Waals surface area contributed by atoms with Gasteiger partial charge in [-0.1, -0.05) is 29.4 Å². The molecule has 7 heteroatoms. The molecule has 2 aliphatic rings. The third-order valence-electron chi connectivity index (χ3n) is 5.66. The Kier molecular flexibility index (Phi) is 4.70. The number of piperidine rings is 1. The van der Waals surface area contributed by atoms with Crippen LogP contribution in [0.4, 0.5) is 5.69 Å². The summed E-state index contributed by atoms with van der Waals surface area (Å²) in [5.41, 5.74) is 2.38. The quantitative estimate of drug-likeness (QED) is 0.677. The number of benzene rings is 1. The molecule has 0 atom stereocenters. The Bertz CT molecular complexity index is 960. The highest BCUT2D eigenvalue weighted by Gasteiger charge is 2.32. The molecule has 2 aliphatic heterocycles. The van der Waals surface area contributed by atoms with Crippen molar-refractivity contribution in [2.45, 2.75) is 25.8 Å². The molecule has 0 N–H and O–H groups in total. The molecule has 1 aromatic carbocycles. The lowest BCUT2D eigenvalue weighted by molar-refractivity contribution is -0.123. The maximum Gasteiger partial charge on any atom is 0.241 e. The Labute approximate surface area is 167 Å². The number of nitrogens with zero attached hydrogens (tertiary/aromatic N) is 4. The SMILES string of the molecule is O=C(C1CCN(Cc2nc(-c3cccs3)no2)CC1)N1CCc2ccccc21. The van der Waals surface area contributed by atoms with Crippen LogP contribution < -0.4 is 4.90 Å². The fraction of sp³-hybridized carbons (Fsp3) is 0.381. The second-order valence-corrected chi connectivity index (χ2v) is 8.36. The first-order valence-electron chi connectivity index (χ1n) is 9.76. The monoisotopic (exact) mass is 394 g/mol. The molecular weight excluding hydrogens is 372 g/mol. The fourth-order valence-electron chi connectivity index (χ4n) is 4.14. The zero-order valence-electron chi connectivity index (χ0n) is 15.6. The minimum absolute atomic E-state index is 0.103. The predicted octanol–water partition coefficient (Wildman–Crippen LogP) is 3.60. The number of thiophene rings is 1. The van der Waals surface area contributed by atoms with Gasteiger partial charge in [-0.15, -0.1) is 11.3 Å². The molecule has 2 aromatic heterocycles. The van der Waals surface area contributed by atoms with Crippen molar-refractivity contribution in [1.29, 1.82) is 0 Å². The molecule has 3 aromatic rings. The van der Waals surface area contributed by atoms with E-state index in [1.54, 1.807) is 11.3 Å². The van der Waals surface area contributed by atoms with Crippen LogP contribution in [0.1, 0.15) is 24.3 Å². The topological polar surface area (TPSA) is 62.5 Å². The maximum atomic E-state index is 13.0. The van der Waals surface area contributed by atoms with Gasteiger partial charge in [0.1, 0.15) is 0 Å². The largest absolute Gasteiger partial charge is 0.338 e. The number of carbonyl (C=O) groups is 1. The smallest absolute Gasteiger partial charge is 0.241 e. The summed E-state index contributed by atoms with van der Waals surface area (Å²) in [6.45, 7) is 3.21. The number of hydrogen-bond donors (Lipinski definition) is 0. The molecule has 6 nitrogen and oxygen atoms in total. The van der Waals surface area contributed by atoms with Crippen molar-refractivity contribution >= 4 is 22.9 Å². The lowest BCUT2D eigenvalue weighted by Gasteiger charge is -2.32. The van der Waals surface area contributed by atoms with Gasteiger partial charge >= 0.3 is 0 Å². The van der Waals surface area contributed by atoms with E-state index < -0.39 is 0 Å². The highest BCUT2D eigenvalue weighted by atomic mass is 32.1. The third kappa shape index (κ3) is 3.36. The lowest BCUT2D eigenvalue weighted by Crippen LogP contribution is -2.42. The second-order valence-electron chi connectivity index (χ2n) is 7.41. The van der Waals surface area contributed by atoms with Crippen LogP contribution in [-0.4, -0.2) is 40.6 Å². The van der Waals surface area contributed by atoms with Crippen molar-refractivity contribution < 1.29 is 9.32 Å². The third-order valence-corrected chi connectivity index (χ3v) is 6.52. The first-order chi connectivity index (χ1) is 13.8. The van der Waals surface area contributed by atoms with Gasteiger partial charge in [0.05, 0.1) is 11.4 Å². The first kappa shape index (κ1) is 17.6. The summed E-state index contributed by atoms with van der Waals surface area (Å²) in [4.78, 5) is 22.8. The van der Waals surface area contributed by atoms with Crippen LogP contribution >= 0.6 is 11.3 Å². The van der Waals surface area contributed by atoms with Gasteiger partial charge in [0.15, 0.2) is 0 Å². The molecule has 0 bridgehead atoms. The molecule has 0 unspecified atom stereocenters. The van der Waals surface area contributed by atoms with Crippen LogP contribution in [0.2, 0.25) is 0 Å². The van der Waals surface area contributed by atoms with Crippen molar-refractivity contribution in [3.63, 3.8) is 0 Å². The van der Waals surface area contributed by atoms with E-state index in [9.17, 15) is 4.79 Å². The highest BCUT2D eigenvalue weighted by molar-refractivity contribution is 7.13. The molecule has 0 saturated carbocycles. The fourth-order valence-corrected chi connectivity index (χ4v) is 4.79. The molecule has 0 aliphatic carbocycles. The van der Waals surface area contributed by atoms with Gasteiger partial charge in [-0.05, 0) is 55.4 Å². The number of likely N-dealkylation sites (tertiary alicyclic amines) is 1. The van der Waals surface area contributed by atoms with E-state index in [1.807, 2.05) is 34.5 Å². The van der Waals surface area contributed by atoms with E-state index in [2.05, 4.69) is 27.2 Å². The number of hydrogen-bond acceptors (Lipinski definition) is 6. The van der Waals surface area contributed by atoms with Crippen molar-refractivity contribution in [2.75, 3.05) is 24.5 Å². The van der Waals surface area contributed by atoms with Crippen LogP contribution in [-0.2, 0) is 17.8 Å². The van der Waals surface area contributed by atoms with Gasteiger partial charge in [0.2, 0.25) is 17.6 Å². The minimum atomic E-state index is 0.103. The van der Waals surface area contributed by atoms with Crippen molar-refractivity contribution in [1.82, 2.24) is 15.0 Å². The lowest BCUT2D eigenvalue weighted by atomic mass is 9.95. The second kappa shape index (κ2) is 7.48. The van der Waals surface area contributed by atoms with Gasteiger partial charge in [0, 0.05) is 18.2 Å². The van der Waals surface area contributed by atoms with E-state index in [0.29, 0.717) is 18.3 Å². The van der Waals surface area contributed by atoms with Crippen LogP contribution in [0.25, 0.3) is 10.7 Å². The van der Waals surface area contributed by atoms with E-state index in [-0.39, 0.29) is 11.8 Å². The number of carbonyl (C=O) groups excluding carboxylic acids is 1. The molecule has 144 valence electrons. The molecule has 5 rings (SSSR count). The Balaban J connectivity index is 1.17. The van der Waals surface area contributed by atoms with Crippen LogP contribution in [0.15, 0.2) is 46.3 Å². The summed E-state index contributed by atoms with van der Waals surface area (Å²) in [5.74, 6) is 1.68. The van der Waals surface area contributed by atoms with Crippen molar-refractivity contribution in [3.8, 4) is 10.7 Å². The molecule has 1 fully saturated rings. The number of para-hydroxylation sites is 1. The van der Waals surface area contributed by atoms with Gasteiger partial charge < -0.3 is 9.42 Å². The van der Waals surface area contributed by atoms with Gasteiger partial charge in [-0.25, -0.2) is 0 Å². The normalized spacial score (nSPS) is 17.8. The molecule has 1 saturated heterocycles. The van der Waals surface area contributed by atoms with E-state index in [4.69, 9.17) is 4.52 Å². The predicted molar refractivity (Wildman–Crippen MR) is 108 cm³/mol. The van der Waals surface area contributed by atoms with Gasteiger partial charge in [-0.3, -0.25) is 9.69 Å². The number of anilines is 1. The summed E-state index contributed by atoms with van der Waals surface area (Å²) < 4.78 is 5.41. The summed E-state index contributed by atoms with van der Waals surface area (Å²) in [6, 6.07) is 12.2. The van der Waals surface area contributed by atoms with Crippen LogP contribution in [0, 0.1) is 5.92 Å². The van der Waals surface area contributed by atoms with Crippen LogP contribution in [0.3, 0.4) is 0 Å². The number of amides is 1. The Morgan fingerprint density at radius 1 is 1.14 bits per heavy atom. The summed E-state index contributed by atoms with van der Waals surface area (Å²) in [5, 5.41) is 6.08. The van der Waals surface area contributed by atoms with Crippen molar-refractivity contribution in [3.05, 3.63) is 53.2 Å². The Morgan fingerprint density at radius 2 is 2.00 bits per heavy atom. The summed E-state index contributed by atoms with van der Waals surface area (Å²) in [6.07, 6.45) is 2.72. The molecule has 28 heavy (non-hydrogen) atoms. The zero-order valence-corrected chi connectivity index (χ0v) is 16.4. The molecule has 0 radical (unpaired) electrons. The number of rotatable bonds is 4.